The molecule has 144 valence electrons. The second-order valence-electron chi connectivity index (χ2n) is 8.54. The minimum Gasteiger partial charge on any atom is -0.421 e. The zero-order chi connectivity index (χ0) is 18.8. The first-order valence-electron chi connectivity index (χ1n) is 10.2. The highest BCUT2D eigenvalue weighted by Gasteiger charge is 2.33. The zero-order valence-electron chi connectivity index (χ0n) is 16.6. The summed E-state index contributed by atoms with van der Waals surface area (Å²) in [7, 11) is 0. The summed E-state index contributed by atoms with van der Waals surface area (Å²) in [4.78, 5) is 4.04. The quantitative estimate of drug-likeness (QED) is 0.741. The minimum atomic E-state index is 0.486. The van der Waals surface area contributed by atoms with E-state index in [2.05, 4.69) is 47.3 Å². The highest BCUT2D eigenvalue weighted by Crippen LogP contribution is 2.39. The molecule has 1 fully saturated rings. The van der Waals surface area contributed by atoms with Gasteiger partial charge in [-0.1, -0.05) is 25.5 Å². The summed E-state index contributed by atoms with van der Waals surface area (Å²) >= 11 is 0. The van der Waals surface area contributed by atoms with Crippen LogP contribution in [0.3, 0.4) is 0 Å². The van der Waals surface area contributed by atoms with Crippen molar-refractivity contribution in [2.75, 3.05) is 6.54 Å². The van der Waals surface area contributed by atoms with Gasteiger partial charge in [0.2, 0.25) is 11.8 Å². The fourth-order valence-electron chi connectivity index (χ4n) is 4.26. The Morgan fingerprint density at radius 1 is 1.19 bits per heavy atom. The summed E-state index contributed by atoms with van der Waals surface area (Å²) in [5.41, 5.74) is 2.39. The van der Waals surface area contributed by atoms with Crippen molar-refractivity contribution in [3.05, 3.63) is 42.1 Å². The summed E-state index contributed by atoms with van der Waals surface area (Å²) in [6.07, 6.45) is 10.7. The van der Waals surface area contributed by atoms with Crippen LogP contribution < -0.4 is 5.32 Å². The van der Waals surface area contributed by atoms with Crippen molar-refractivity contribution in [1.82, 2.24) is 20.5 Å². The van der Waals surface area contributed by atoms with Crippen molar-refractivity contribution < 1.29 is 4.42 Å². The van der Waals surface area contributed by atoms with Gasteiger partial charge in [0, 0.05) is 37.0 Å². The predicted octanol–water partition coefficient (Wildman–Crippen LogP) is 4.28. The molecule has 0 saturated heterocycles. The molecule has 1 N–H and O–H groups in total. The Balaban J connectivity index is 1.45. The van der Waals surface area contributed by atoms with Crippen molar-refractivity contribution in [1.29, 1.82) is 0 Å². The number of nitrogens with one attached hydrogen (secondary N) is 1. The van der Waals surface area contributed by atoms with Crippen LogP contribution in [0.2, 0.25) is 0 Å². The second kappa shape index (κ2) is 7.93. The van der Waals surface area contributed by atoms with E-state index in [-0.39, 0.29) is 0 Å². The summed E-state index contributed by atoms with van der Waals surface area (Å²) < 4.78 is 5.94. The first-order chi connectivity index (χ1) is 13.1. The van der Waals surface area contributed by atoms with Gasteiger partial charge in [0.15, 0.2) is 0 Å². The Labute approximate surface area is 161 Å². The molecular weight excluding hydrogens is 336 g/mol. The van der Waals surface area contributed by atoms with Crippen LogP contribution in [0.4, 0.5) is 0 Å². The van der Waals surface area contributed by atoms with E-state index >= 15 is 0 Å². The van der Waals surface area contributed by atoms with E-state index in [1.54, 1.807) is 12.4 Å². The molecule has 2 aromatic heterocycles. The lowest BCUT2D eigenvalue weighted by Crippen LogP contribution is -2.35. The maximum Gasteiger partial charge on any atom is 0.247 e. The van der Waals surface area contributed by atoms with Crippen LogP contribution in [0.5, 0.6) is 0 Å². The first-order valence-corrected chi connectivity index (χ1v) is 10.2. The lowest BCUT2D eigenvalue weighted by molar-refractivity contribution is 0.218. The minimum absolute atomic E-state index is 0.486. The van der Waals surface area contributed by atoms with E-state index in [1.807, 2.05) is 12.1 Å². The molecule has 2 aromatic rings. The van der Waals surface area contributed by atoms with Crippen molar-refractivity contribution in [3.8, 4) is 11.5 Å². The van der Waals surface area contributed by atoms with Crippen LogP contribution in [-0.2, 0) is 6.42 Å². The van der Waals surface area contributed by atoms with Gasteiger partial charge in [-0.25, -0.2) is 0 Å². The maximum atomic E-state index is 5.94. The third-order valence-corrected chi connectivity index (χ3v) is 6.12. The van der Waals surface area contributed by atoms with Gasteiger partial charge in [-0.05, 0) is 62.0 Å². The summed E-state index contributed by atoms with van der Waals surface area (Å²) in [6.45, 7) is 8.10. The third-order valence-electron chi connectivity index (χ3n) is 6.12. The molecule has 3 atom stereocenters. The predicted molar refractivity (Wildman–Crippen MR) is 106 cm³/mol. The zero-order valence-corrected chi connectivity index (χ0v) is 16.6. The molecule has 0 spiro atoms. The fraction of sp³-hybridized carbons (Fsp3) is 0.591. The molecule has 4 rings (SSSR count). The smallest absolute Gasteiger partial charge is 0.247 e. The van der Waals surface area contributed by atoms with Gasteiger partial charge >= 0.3 is 0 Å². The number of hydrogen-bond acceptors (Lipinski definition) is 5. The fourth-order valence-corrected chi connectivity index (χ4v) is 4.26. The number of allylic oxidation sites excluding steroid dienone is 1. The topological polar surface area (TPSA) is 63.8 Å². The molecule has 1 saturated carbocycles. The number of hydrogen-bond donors (Lipinski definition) is 1. The van der Waals surface area contributed by atoms with Crippen molar-refractivity contribution in [2.45, 2.75) is 52.5 Å². The van der Waals surface area contributed by atoms with Crippen LogP contribution in [0.15, 0.2) is 40.6 Å². The lowest BCUT2D eigenvalue weighted by atomic mass is 9.70. The second-order valence-corrected chi connectivity index (χ2v) is 8.54. The molecule has 27 heavy (non-hydrogen) atoms. The molecule has 0 bridgehead atoms. The average Bonchev–Trinajstić information content (AvgIpc) is 3.38. The standard InChI is InChI=1S/C22H30N4O/c1-14(2)20-11-17(15(3)10-18(20)13-24-19-4-5-19)12-21-25-26-22(27-21)16-6-8-23-9-7-16/h6-10,14,17-20,24H,4-5,11-13H2,1-3H3/t17-,18-,20-/m0/s1. The van der Waals surface area contributed by atoms with Crippen LogP contribution in [0, 0.1) is 23.7 Å². The van der Waals surface area contributed by atoms with E-state index in [0.717, 1.165) is 30.5 Å². The SMILES string of the molecule is CC1=C[C@@H](CNC2CC2)[C@H](C(C)C)C[C@H]1Cc1nnc(-c2ccncc2)o1. The van der Waals surface area contributed by atoms with Crippen molar-refractivity contribution in [3.63, 3.8) is 0 Å². The third kappa shape index (κ3) is 4.46. The average molecular weight is 367 g/mol. The van der Waals surface area contributed by atoms with Gasteiger partial charge in [0.1, 0.15) is 0 Å². The Bertz CT molecular complexity index is 779. The number of aromatic nitrogens is 3. The summed E-state index contributed by atoms with van der Waals surface area (Å²) in [5, 5.41) is 12.3. The van der Waals surface area contributed by atoms with E-state index in [9.17, 15) is 0 Å². The van der Waals surface area contributed by atoms with Crippen LogP contribution in [0.25, 0.3) is 11.5 Å². The number of pyridine rings is 1. The number of rotatable bonds is 7. The van der Waals surface area contributed by atoms with Crippen molar-refractivity contribution >= 4 is 0 Å². The van der Waals surface area contributed by atoms with Crippen molar-refractivity contribution in [2.24, 2.45) is 23.7 Å². The van der Waals surface area contributed by atoms with E-state index in [4.69, 9.17) is 4.42 Å². The lowest BCUT2D eigenvalue weighted by Gasteiger charge is -2.37. The van der Waals surface area contributed by atoms with Crippen LogP contribution in [0.1, 0.15) is 45.9 Å². The van der Waals surface area contributed by atoms with Gasteiger partial charge in [0.05, 0.1) is 0 Å². The van der Waals surface area contributed by atoms with Crippen LogP contribution in [-0.4, -0.2) is 27.8 Å². The summed E-state index contributed by atoms with van der Waals surface area (Å²) in [6, 6.07) is 4.57. The Morgan fingerprint density at radius 3 is 2.67 bits per heavy atom. The molecule has 5 heteroatoms. The normalized spacial score (nSPS) is 25.6. The maximum absolute atomic E-state index is 5.94. The molecule has 2 aliphatic rings. The number of nitrogens with zero attached hydrogens (tertiary/aromatic N) is 3. The van der Waals surface area contributed by atoms with Gasteiger partial charge in [-0.2, -0.15) is 0 Å². The molecule has 0 unspecified atom stereocenters. The Morgan fingerprint density at radius 2 is 1.96 bits per heavy atom. The van der Waals surface area contributed by atoms with Gasteiger partial charge in [-0.3, -0.25) is 4.98 Å². The summed E-state index contributed by atoms with van der Waals surface area (Å²) in [5.74, 6) is 3.82. The molecule has 0 amide bonds. The van der Waals surface area contributed by atoms with E-state index < -0.39 is 0 Å². The molecule has 0 aliphatic heterocycles. The highest BCUT2D eigenvalue weighted by molar-refractivity contribution is 5.50. The van der Waals surface area contributed by atoms with E-state index in [0.29, 0.717) is 29.6 Å². The van der Waals surface area contributed by atoms with E-state index in [1.165, 1.54) is 24.8 Å². The Kier molecular flexibility index (Phi) is 5.39. The van der Waals surface area contributed by atoms with Gasteiger partial charge in [-0.15, -0.1) is 10.2 Å². The largest absolute Gasteiger partial charge is 0.421 e. The molecule has 0 aromatic carbocycles. The van der Waals surface area contributed by atoms with Crippen LogP contribution >= 0.6 is 0 Å². The van der Waals surface area contributed by atoms with Gasteiger partial charge in [0.25, 0.3) is 0 Å². The molecule has 5 nitrogen and oxygen atoms in total. The highest BCUT2D eigenvalue weighted by atomic mass is 16.4. The first kappa shape index (κ1) is 18.4. The Hall–Kier alpha value is -2.01. The monoisotopic (exact) mass is 366 g/mol. The van der Waals surface area contributed by atoms with Gasteiger partial charge < -0.3 is 9.73 Å². The molecule has 2 aliphatic carbocycles. The molecule has 2 heterocycles. The molecular formula is C22H30N4O. The molecule has 0 radical (unpaired) electrons.